The second-order valence-corrected chi connectivity index (χ2v) is 10.8. The summed E-state index contributed by atoms with van der Waals surface area (Å²) in [6.45, 7) is 2.56. The van der Waals surface area contributed by atoms with E-state index in [2.05, 4.69) is 12.2 Å². The number of benzene rings is 2. The van der Waals surface area contributed by atoms with Gasteiger partial charge in [0.05, 0.1) is 16.2 Å². The van der Waals surface area contributed by atoms with Gasteiger partial charge in [0.25, 0.3) is 11.8 Å². The Morgan fingerprint density at radius 3 is 2.39 bits per heavy atom. The summed E-state index contributed by atoms with van der Waals surface area (Å²) in [5.74, 6) is -0.955. The van der Waals surface area contributed by atoms with Crippen LogP contribution in [0.1, 0.15) is 51.0 Å². The van der Waals surface area contributed by atoms with Gasteiger partial charge in [0.2, 0.25) is 5.91 Å². The Bertz CT molecular complexity index is 1210. The molecule has 0 spiro atoms. The Balaban J connectivity index is 1.50. The molecular formula is C27H28ClN3O3S2. The molecule has 0 aromatic heterocycles. The molecular weight excluding hydrogens is 514 g/mol. The zero-order valence-corrected chi connectivity index (χ0v) is 22.5. The minimum atomic E-state index is -0.373. The Hall–Kier alpha value is -2.68. The zero-order valence-electron chi connectivity index (χ0n) is 20.1. The summed E-state index contributed by atoms with van der Waals surface area (Å²) in [7, 11) is 0. The monoisotopic (exact) mass is 541 g/mol. The fourth-order valence-corrected chi connectivity index (χ4v) is 5.83. The second-order valence-electron chi connectivity index (χ2n) is 8.76. The predicted octanol–water partition coefficient (Wildman–Crippen LogP) is 6.26. The van der Waals surface area contributed by atoms with Crippen LogP contribution >= 0.6 is 35.6 Å². The molecule has 9 heteroatoms. The molecule has 2 aliphatic heterocycles. The molecule has 1 saturated heterocycles. The summed E-state index contributed by atoms with van der Waals surface area (Å²) in [5.41, 5.74) is 2.14. The van der Waals surface area contributed by atoms with Crippen molar-refractivity contribution in [2.45, 2.75) is 45.4 Å². The van der Waals surface area contributed by atoms with Gasteiger partial charge < -0.3 is 5.32 Å². The van der Waals surface area contributed by atoms with Crippen molar-refractivity contribution in [2.75, 3.05) is 23.3 Å². The Morgan fingerprint density at radius 2 is 1.64 bits per heavy atom. The van der Waals surface area contributed by atoms with Crippen LogP contribution in [0.4, 0.5) is 11.4 Å². The number of thioether (sulfide) groups is 1. The SMILES string of the molecule is CCCCCCCCN1C(=O)/C(=C2/C(=O)N(CC(=O)Nc3ccc(Cl)cc3)c3ccccc32)SC1=S. The van der Waals surface area contributed by atoms with Crippen LogP contribution in [0, 0.1) is 0 Å². The summed E-state index contributed by atoms with van der Waals surface area (Å²) in [4.78, 5) is 43.0. The lowest BCUT2D eigenvalue weighted by molar-refractivity contribution is -0.122. The number of halogens is 1. The Labute approximate surface area is 226 Å². The van der Waals surface area contributed by atoms with E-state index < -0.39 is 0 Å². The van der Waals surface area contributed by atoms with Crippen LogP contribution in [0.5, 0.6) is 0 Å². The molecule has 0 unspecified atom stereocenters. The van der Waals surface area contributed by atoms with E-state index in [1.807, 2.05) is 12.1 Å². The Morgan fingerprint density at radius 1 is 0.944 bits per heavy atom. The molecule has 1 fully saturated rings. The van der Waals surface area contributed by atoms with Gasteiger partial charge >= 0.3 is 0 Å². The number of para-hydroxylation sites is 1. The normalized spacial score (nSPS) is 17.2. The molecule has 4 rings (SSSR count). The molecule has 0 saturated carbocycles. The second kappa shape index (κ2) is 12.0. The van der Waals surface area contributed by atoms with Crippen molar-refractivity contribution >= 4 is 74.6 Å². The lowest BCUT2D eigenvalue weighted by Crippen LogP contribution is -2.35. The van der Waals surface area contributed by atoms with Gasteiger partial charge in [0, 0.05) is 22.8 Å². The van der Waals surface area contributed by atoms with Crippen molar-refractivity contribution in [1.82, 2.24) is 4.90 Å². The van der Waals surface area contributed by atoms with Crippen molar-refractivity contribution in [1.29, 1.82) is 0 Å². The fraction of sp³-hybridized carbons (Fsp3) is 0.333. The van der Waals surface area contributed by atoms with E-state index in [-0.39, 0.29) is 24.3 Å². The van der Waals surface area contributed by atoms with E-state index in [1.54, 1.807) is 41.3 Å². The maximum Gasteiger partial charge on any atom is 0.267 e. The minimum absolute atomic E-state index is 0.181. The summed E-state index contributed by atoms with van der Waals surface area (Å²) in [6.07, 6.45) is 6.68. The number of amides is 3. The number of carbonyl (C=O) groups excluding carboxylic acids is 3. The number of nitrogens with one attached hydrogen (secondary N) is 1. The average Bonchev–Trinajstić information content (AvgIpc) is 3.29. The third kappa shape index (κ3) is 5.82. The van der Waals surface area contributed by atoms with Gasteiger partial charge in [-0.1, -0.05) is 92.8 Å². The molecule has 3 amide bonds. The third-order valence-corrected chi connectivity index (χ3v) is 7.86. The maximum atomic E-state index is 13.5. The smallest absolute Gasteiger partial charge is 0.267 e. The van der Waals surface area contributed by atoms with Gasteiger partial charge in [-0.05, 0) is 36.8 Å². The molecule has 188 valence electrons. The van der Waals surface area contributed by atoms with E-state index >= 15 is 0 Å². The van der Waals surface area contributed by atoms with Crippen LogP contribution in [0.2, 0.25) is 5.02 Å². The van der Waals surface area contributed by atoms with E-state index in [4.69, 9.17) is 23.8 Å². The molecule has 2 heterocycles. The van der Waals surface area contributed by atoms with Crippen molar-refractivity contribution in [3.63, 3.8) is 0 Å². The van der Waals surface area contributed by atoms with Gasteiger partial charge in [-0.2, -0.15) is 0 Å². The van der Waals surface area contributed by atoms with E-state index in [0.29, 0.717) is 43.3 Å². The number of fused-ring (bicyclic) bond motifs is 1. The molecule has 1 N–H and O–H groups in total. The largest absolute Gasteiger partial charge is 0.325 e. The lowest BCUT2D eigenvalue weighted by atomic mass is 10.1. The minimum Gasteiger partial charge on any atom is -0.325 e. The highest BCUT2D eigenvalue weighted by Gasteiger charge is 2.42. The number of hydrogen-bond donors (Lipinski definition) is 1. The van der Waals surface area contributed by atoms with Gasteiger partial charge in [0.1, 0.15) is 10.9 Å². The summed E-state index contributed by atoms with van der Waals surface area (Å²) in [6, 6.07) is 14.0. The molecule has 2 aliphatic rings. The maximum absolute atomic E-state index is 13.5. The van der Waals surface area contributed by atoms with E-state index in [9.17, 15) is 14.4 Å². The average molecular weight is 542 g/mol. The molecule has 2 aromatic carbocycles. The van der Waals surface area contributed by atoms with Crippen LogP contribution in [-0.4, -0.2) is 40.0 Å². The predicted molar refractivity (Wildman–Crippen MR) is 151 cm³/mol. The quantitative estimate of drug-likeness (QED) is 0.218. The molecule has 0 aliphatic carbocycles. The standard InChI is InChI=1S/C27H28ClN3O3S2/c1-2-3-4-5-6-9-16-30-26(34)24(36-27(30)35)23-20-10-7-8-11-21(20)31(25(23)33)17-22(32)29-19-14-12-18(28)13-15-19/h7-8,10-15H,2-6,9,16-17H2,1H3,(H,29,32)/b24-23-. The van der Waals surface area contributed by atoms with Crippen LogP contribution in [0.25, 0.3) is 5.57 Å². The van der Waals surface area contributed by atoms with Gasteiger partial charge in [0.15, 0.2) is 0 Å². The zero-order chi connectivity index (χ0) is 25.7. The fourth-order valence-electron chi connectivity index (χ4n) is 4.33. The topological polar surface area (TPSA) is 69.7 Å². The number of nitrogens with zero attached hydrogens (tertiary/aromatic N) is 2. The molecule has 2 aromatic rings. The molecule has 0 bridgehead atoms. The molecule has 36 heavy (non-hydrogen) atoms. The first-order chi connectivity index (χ1) is 17.4. The first kappa shape index (κ1) is 26.4. The first-order valence-corrected chi connectivity index (χ1v) is 13.8. The molecule has 0 radical (unpaired) electrons. The van der Waals surface area contributed by atoms with Crippen LogP contribution in [-0.2, 0) is 14.4 Å². The van der Waals surface area contributed by atoms with Crippen molar-refractivity contribution in [3.05, 3.63) is 64.0 Å². The number of anilines is 2. The van der Waals surface area contributed by atoms with Gasteiger partial charge in [-0.3, -0.25) is 24.2 Å². The van der Waals surface area contributed by atoms with Crippen molar-refractivity contribution in [2.24, 2.45) is 0 Å². The molecule has 0 atom stereocenters. The van der Waals surface area contributed by atoms with Gasteiger partial charge in [-0.15, -0.1) is 0 Å². The summed E-state index contributed by atoms with van der Waals surface area (Å²) >= 11 is 12.6. The number of thiocarbonyl (C=S) groups is 1. The summed E-state index contributed by atoms with van der Waals surface area (Å²) < 4.78 is 0.472. The van der Waals surface area contributed by atoms with Crippen molar-refractivity contribution < 1.29 is 14.4 Å². The molecule has 6 nitrogen and oxygen atoms in total. The highest BCUT2D eigenvalue weighted by molar-refractivity contribution is 8.26. The summed E-state index contributed by atoms with van der Waals surface area (Å²) in [5, 5.41) is 3.35. The third-order valence-electron chi connectivity index (χ3n) is 6.16. The number of carbonyl (C=O) groups is 3. The van der Waals surface area contributed by atoms with Crippen LogP contribution < -0.4 is 10.2 Å². The van der Waals surface area contributed by atoms with Gasteiger partial charge in [-0.25, -0.2) is 0 Å². The number of hydrogen-bond acceptors (Lipinski definition) is 5. The highest BCUT2D eigenvalue weighted by Crippen LogP contribution is 2.44. The first-order valence-electron chi connectivity index (χ1n) is 12.1. The number of rotatable bonds is 10. The van der Waals surface area contributed by atoms with E-state index in [1.165, 1.54) is 35.9 Å². The highest BCUT2D eigenvalue weighted by atomic mass is 35.5. The van der Waals surface area contributed by atoms with Crippen LogP contribution in [0.3, 0.4) is 0 Å². The number of unbranched alkanes of at least 4 members (excludes halogenated alkanes) is 5. The lowest BCUT2D eigenvalue weighted by Gasteiger charge is -2.17. The Kier molecular flexibility index (Phi) is 8.82. The van der Waals surface area contributed by atoms with Crippen molar-refractivity contribution in [3.8, 4) is 0 Å². The van der Waals surface area contributed by atoms with E-state index in [0.717, 1.165) is 19.3 Å². The van der Waals surface area contributed by atoms with Crippen LogP contribution in [0.15, 0.2) is 53.4 Å².